The number of hydrogen-bond donors (Lipinski definition) is 1. The maximum atomic E-state index is 12.1. The van der Waals surface area contributed by atoms with E-state index in [4.69, 9.17) is 5.26 Å². The van der Waals surface area contributed by atoms with Gasteiger partial charge in [0.2, 0.25) is 15.9 Å². The molecule has 0 aliphatic carbocycles. The Morgan fingerprint density at radius 1 is 1.29 bits per heavy atom. The molecule has 0 aromatic heterocycles. The van der Waals surface area contributed by atoms with Crippen LogP contribution < -0.4 is 4.72 Å². The van der Waals surface area contributed by atoms with Gasteiger partial charge in [-0.1, -0.05) is 6.07 Å². The highest BCUT2D eigenvalue weighted by molar-refractivity contribution is 7.89. The summed E-state index contributed by atoms with van der Waals surface area (Å²) < 4.78 is 26.5. The minimum Gasteiger partial charge on any atom is -0.342 e. The van der Waals surface area contributed by atoms with E-state index in [1.54, 1.807) is 4.90 Å². The average molecular weight is 307 g/mol. The lowest BCUT2D eigenvalue weighted by atomic mass is 10.1. The number of nitriles is 1. The molecule has 21 heavy (non-hydrogen) atoms. The highest BCUT2D eigenvalue weighted by Crippen LogP contribution is 2.11. The van der Waals surface area contributed by atoms with Gasteiger partial charge in [0.1, 0.15) is 0 Å². The third kappa shape index (κ3) is 4.03. The van der Waals surface area contributed by atoms with Crippen LogP contribution in [0.25, 0.3) is 0 Å². The number of likely N-dealkylation sites (tertiary alicyclic amines) is 1. The van der Waals surface area contributed by atoms with Gasteiger partial charge in [-0.3, -0.25) is 4.79 Å². The van der Waals surface area contributed by atoms with Crippen molar-refractivity contribution in [2.45, 2.75) is 24.2 Å². The molecule has 0 saturated carbocycles. The molecule has 0 atom stereocenters. The van der Waals surface area contributed by atoms with Crippen molar-refractivity contribution in [2.75, 3.05) is 19.6 Å². The molecule has 1 saturated heterocycles. The largest absolute Gasteiger partial charge is 0.342 e. The Morgan fingerprint density at radius 2 is 2.00 bits per heavy atom. The number of nitrogens with zero attached hydrogens (tertiary/aromatic N) is 2. The SMILES string of the molecule is N#Cc1cccc(S(=O)(=O)NCC(=O)N2CCCCC2)c1. The Bertz CT molecular complexity index is 658. The summed E-state index contributed by atoms with van der Waals surface area (Å²) >= 11 is 0. The van der Waals surface area contributed by atoms with E-state index in [9.17, 15) is 13.2 Å². The topological polar surface area (TPSA) is 90.3 Å². The van der Waals surface area contributed by atoms with Gasteiger partial charge >= 0.3 is 0 Å². The first kappa shape index (κ1) is 15.5. The second kappa shape index (κ2) is 6.70. The highest BCUT2D eigenvalue weighted by atomic mass is 32.2. The number of carbonyl (C=O) groups excluding carboxylic acids is 1. The summed E-state index contributed by atoms with van der Waals surface area (Å²) in [6.07, 6.45) is 3.03. The van der Waals surface area contributed by atoms with Crippen LogP contribution in [0.2, 0.25) is 0 Å². The van der Waals surface area contributed by atoms with Crippen molar-refractivity contribution in [1.29, 1.82) is 5.26 Å². The fraction of sp³-hybridized carbons (Fsp3) is 0.429. The molecule has 0 bridgehead atoms. The normalized spacial score (nSPS) is 15.5. The van der Waals surface area contributed by atoms with Crippen molar-refractivity contribution in [3.8, 4) is 6.07 Å². The third-order valence-electron chi connectivity index (χ3n) is 3.40. The molecule has 0 radical (unpaired) electrons. The van der Waals surface area contributed by atoms with Gasteiger partial charge in [0.25, 0.3) is 0 Å². The molecule has 1 aromatic carbocycles. The standard InChI is InChI=1S/C14H17N3O3S/c15-10-12-5-4-6-13(9-12)21(19,20)16-11-14(18)17-7-2-1-3-8-17/h4-6,9,16H,1-3,7-8,11H2. The molecule has 2 rings (SSSR count). The first-order chi connectivity index (χ1) is 10.0. The summed E-state index contributed by atoms with van der Waals surface area (Å²) in [5.74, 6) is -0.213. The Kier molecular flexibility index (Phi) is 4.94. The second-order valence-electron chi connectivity index (χ2n) is 4.91. The zero-order valence-corrected chi connectivity index (χ0v) is 12.4. The minimum absolute atomic E-state index is 0.00649. The molecule has 112 valence electrons. The molecule has 7 heteroatoms. The summed E-state index contributed by atoms with van der Waals surface area (Å²) in [5.41, 5.74) is 0.264. The van der Waals surface area contributed by atoms with E-state index in [-0.39, 0.29) is 22.9 Å². The van der Waals surface area contributed by atoms with Crippen molar-refractivity contribution in [3.63, 3.8) is 0 Å². The molecule has 1 fully saturated rings. The van der Waals surface area contributed by atoms with Gasteiger partial charge in [-0.25, -0.2) is 13.1 Å². The number of amides is 1. The van der Waals surface area contributed by atoms with Crippen LogP contribution >= 0.6 is 0 Å². The van der Waals surface area contributed by atoms with E-state index < -0.39 is 10.0 Å². The predicted molar refractivity (Wildman–Crippen MR) is 76.8 cm³/mol. The number of piperidine rings is 1. The van der Waals surface area contributed by atoms with Crippen molar-refractivity contribution in [1.82, 2.24) is 9.62 Å². The van der Waals surface area contributed by atoms with Gasteiger partial charge in [0.05, 0.1) is 23.1 Å². The summed E-state index contributed by atoms with van der Waals surface area (Å²) in [6.45, 7) is 1.12. The number of sulfonamides is 1. The summed E-state index contributed by atoms with van der Waals surface area (Å²) in [6, 6.07) is 7.60. The van der Waals surface area contributed by atoms with Crippen LogP contribution in [0.4, 0.5) is 0 Å². The fourth-order valence-corrected chi connectivity index (χ4v) is 3.25. The smallest absolute Gasteiger partial charge is 0.241 e. The van der Waals surface area contributed by atoms with Crippen LogP contribution in [0, 0.1) is 11.3 Å². The van der Waals surface area contributed by atoms with E-state index >= 15 is 0 Å². The average Bonchev–Trinajstić information content (AvgIpc) is 2.53. The summed E-state index contributed by atoms with van der Waals surface area (Å²) in [5, 5.41) is 8.79. The van der Waals surface area contributed by atoms with E-state index in [0.29, 0.717) is 13.1 Å². The Balaban J connectivity index is 2.00. The first-order valence-corrected chi connectivity index (χ1v) is 8.29. The number of benzene rings is 1. The summed E-state index contributed by atoms with van der Waals surface area (Å²) in [4.78, 5) is 13.6. The molecule has 0 spiro atoms. The number of rotatable bonds is 4. The Morgan fingerprint density at radius 3 is 2.67 bits per heavy atom. The molecule has 6 nitrogen and oxygen atoms in total. The zero-order chi connectivity index (χ0) is 15.3. The van der Waals surface area contributed by atoms with Gasteiger partial charge in [0.15, 0.2) is 0 Å². The second-order valence-corrected chi connectivity index (χ2v) is 6.67. The molecular formula is C14H17N3O3S. The molecule has 1 amide bonds. The van der Waals surface area contributed by atoms with Crippen molar-refractivity contribution >= 4 is 15.9 Å². The zero-order valence-electron chi connectivity index (χ0n) is 11.6. The monoisotopic (exact) mass is 307 g/mol. The molecule has 1 heterocycles. The van der Waals surface area contributed by atoms with Crippen molar-refractivity contribution in [2.24, 2.45) is 0 Å². The molecular weight excluding hydrogens is 290 g/mol. The maximum Gasteiger partial charge on any atom is 0.241 e. The Labute approximate surface area is 124 Å². The molecule has 1 aliphatic heterocycles. The van der Waals surface area contributed by atoms with Gasteiger partial charge in [-0.15, -0.1) is 0 Å². The first-order valence-electron chi connectivity index (χ1n) is 6.80. The lowest BCUT2D eigenvalue weighted by molar-refractivity contribution is -0.130. The molecule has 1 aromatic rings. The van der Waals surface area contributed by atoms with E-state index in [1.807, 2.05) is 6.07 Å². The quantitative estimate of drug-likeness (QED) is 0.893. The van der Waals surface area contributed by atoms with Crippen LogP contribution in [0.3, 0.4) is 0 Å². The Hall–Kier alpha value is -1.91. The summed E-state index contributed by atoms with van der Waals surface area (Å²) in [7, 11) is -3.78. The van der Waals surface area contributed by atoms with Crippen LogP contribution in [0.5, 0.6) is 0 Å². The van der Waals surface area contributed by atoms with Crippen LogP contribution in [0.1, 0.15) is 24.8 Å². The van der Waals surface area contributed by atoms with E-state index in [0.717, 1.165) is 19.3 Å². The van der Waals surface area contributed by atoms with E-state index in [1.165, 1.54) is 24.3 Å². The van der Waals surface area contributed by atoms with Crippen LogP contribution in [0.15, 0.2) is 29.2 Å². The van der Waals surface area contributed by atoms with Crippen molar-refractivity contribution in [3.05, 3.63) is 29.8 Å². The number of nitrogens with one attached hydrogen (secondary N) is 1. The van der Waals surface area contributed by atoms with Gasteiger partial charge < -0.3 is 4.90 Å². The highest BCUT2D eigenvalue weighted by Gasteiger charge is 2.20. The lowest BCUT2D eigenvalue weighted by Gasteiger charge is -2.26. The molecule has 0 unspecified atom stereocenters. The number of hydrogen-bond acceptors (Lipinski definition) is 4. The molecule has 1 aliphatic rings. The lowest BCUT2D eigenvalue weighted by Crippen LogP contribution is -2.42. The minimum atomic E-state index is -3.78. The van der Waals surface area contributed by atoms with Crippen molar-refractivity contribution < 1.29 is 13.2 Å². The predicted octanol–water partition coefficient (Wildman–Crippen LogP) is 0.849. The molecule has 1 N–H and O–H groups in total. The van der Waals surface area contributed by atoms with Gasteiger partial charge in [-0.2, -0.15) is 5.26 Å². The third-order valence-corrected chi connectivity index (χ3v) is 4.79. The van der Waals surface area contributed by atoms with Gasteiger partial charge in [0, 0.05) is 13.1 Å². The fourth-order valence-electron chi connectivity index (χ4n) is 2.23. The van der Waals surface area contributed by atoms with Gasteiger partial charge in [-0.05, 0) is 37.5 Å². The van der Waals surface area contributed by atoms with Crippen LogP contribution in [-0.2, 0) is 14.8 Å². The van der Waals surface area contributed by atoms with Crippen LogP contribution in [-0.4, -0.2) is 38.9 Å². The van der Waals surface area contributed by atoms with E-state index in [2.05, 4.69) is 4.72 Å². The number of carbonyl (C=O) groups is 1. The maximum absolute atomic E-state index is 12.1.